The number of pyridine rings is 1. The largest absolute Gasteiger partial charge is 0.509 e. The topological polar surface area (TPSA) is 33.5 Å². The molecule has 3 heterocycles. The molecule has 5 nitrogen and oxygen atoms in total. The van der Waals surface area contributed by atoms with Crippen LogP contribution in [0.2, 0.25) is 0 Å². The van der Waals surface area contributed by atoms with Crippen LogP contribution in [0.3, 0.4) is 0 Å². The number of rotatable bonds is 9. The van der Waals surface area contributed by atoms with Gasteiger partial charge >= 0.3 is 0 Å². The maximum Gasteiger partial charge on any atom is 0.135 e. The molecule has 0 spiro atoms. The molecule has 0 radical (unpaired) electrons. The van der Waals surface area contributed by atoms with E-state index in [0.29, 0.717) is 11.5 Å². The van der Waals surface area contributed by atoms with Crippen molar-refractivity contribution in [3.63, 3.8) is 0 Å². The number of hydrogen-bond donors (Lipinski definition) is 0. The molecule has 1 aliphatic rings. The van der Waals surface area contributed by atoms with Gasteiger partial charge in [0.05, 0.1) is 0 Å². The number of benzene rings is 6. The molecule has 6 aromatic carbocycles. The second-order valence-corrected chi connectivity index (χ2v) is 22.4. The monoisotopic (exact) mass is 1080 g/mol. The Morgan fingerprint density at radius 2 is 1.13 bits per heavy atom. The van der Waals surface area contributed by atoms with Gasteiger partial charge in [-0.3, -0.25) is 0 Å². The molecule has 0 fully saturated rings. The van der Waals surface area contributed by atoms with Gasteiger partial charge in [0.15, 0.2) is 0 Å². The average Bonchev–Trinajstić information content (AvgIpc) is 3.90. The van der Waals surface area contributed by atoms with E-state index in [4.69, 9.17) is 9.72 Å². The minimum atomic E-state index is -0.365. The first kappa shape index (κ1) is 48.6. The van der Waals surface area contributed by atoms with Crippen molar-refractivity contribution in [2.75, 3.05) is 9.80 Å². The van der Waals surface area contributed by atoms with Crippen molar-refractivity contribution in [3.05, 3.63) is 210 Å². The van der Waals surface area contributed by atoms with Crippen LogP contribution in [0, 0.1) is 24.2 Å². The Kier molecular flexibility index (Phi) is 12.8. The second-order valence-electron chi connectivity index (χ2n) is 22.4. The van der Waals surface area contributed by atoms with Gasteiger partial charge in [-0.2, -0.15) is 0 Å². The van der Waals surface area contributed by atoms with Crippen molar-refractivity contribution in [3.8, 4) is 17.3 Å². The van der Waals surface area contributed by atoms with E-state index in [1.165, 1.54) is 27.8 Å². The molecule has 0 saturated heterocycles. The van der Waals surface area contributed by atoms with E-state index >= 15 is 0 Å². The van der Waals surface area contributed by atoms with Crippen LogP contribution in [0.4, 0.5) is 11.4 Å². The Morgan fingerprint density at radius 3 is 1.76 bits per heavy atom. The van der Waals surface area contributed by atoms with Gasteiger partial charge < -0.3 is 19.1 Å². The molecule has 0 atom stereocenters. The molecule has 0 N–H and O–H groups in total. The summed E-state index contributed by atoms with van der Waals surface area (Å²) in [5.41, 5.74) is 11.4. The van der Waals surface area contributed by atoms with Crippen molar-refractivity contribution in [2.45, 2.75) is 112 Å². The van der Waals surface area contributed by atoms with Gasteiger partial charge in [0.25, 0.3) is 0 Å². The summed E-state index contributed by atoms with van der Waals surface area (Å²) in [5.74, 6) is 2.08. The maximum atomic E-state index is 7.18. The van der Waals surface area contributed by atoms with E-state index in [9.17, 15) is 0 Å². The van der Waals surface area contributed by atoms with E-state index in [1.54, 1.807) is 0 Å². The molecule has 2 aromatic heterocycles. The summed E-state index contributed by atoms with van der Waals surface area (Å²) in [6.07, 6.45) is 4.21. The molecule has 0 amide bonds. The van der Waals surface area contributed by atoms with Crippen molar-refractivity contribution in [2.24, 2.45) is 5.41 Å². The van der Waals surface area contributed by atoms with Gasteiger partial charge in [-0.1, -0.05) is 192 Å². The Balaban J connectivity index is 0.00000625. The number of aromatic nitrogens is 2. The Bertz CT molecular complexity index is 3140. The van der Waals surface area contributed by atoms with Gasteiger partial charge in [0.2, 0.25) is 0 Å². The standard InChI is InChI=1S/C62H65N4O.Pt/c1-58(2,3)44-27-22-28-47(33-44)64-40-55(60(7,8)9)65(41-64)48-34-46(62(12,13)43-25-18-15-19-26-43)35-49(37-48)67-50-38-52(59(4,5)6)57-51-29-20-21-30-53(51)66(54(57)39-50)56-36-45(31-32-63-56)61(10,11)42-23-16-14-17-24-42;/h14-36,38,40-41H,1-13H3;/q-3;. The molecule has 352 valence electrons. The maximum absolute atomic E-state index is 7.18. The number of fused-ring (bicyclic) bond motifs is 3. The Hall–Kier alpha value is -5.90. The van der Waals surface area contributed by atoms with Gasteiger partial charge in [0.1, 0.15) is 5.82 Å². The first-order valence-corrected chi connectivity index (χ1v) is 23.7. The number of hydrogen-bond acceptors (Lipinski definition) is 4. The first-order chi connectivity index (χ1) is 31.6. The molecule has 0 saturated carbocycles. The first-order valence-electron chi connectivity index (χ1n) is 23.7. The zero-order valence-electron chi connectivity index (χ0n) is 42.0. The third-order valence-corrected chi connectivity index (χ3v) is 13.7. The number of anilines is 2. The van der Waals surface area contributed by atoms with Crippen LogP contribution in [-0.4, -0.2) is 9.55 Å². The van der Waals surface area contributed by atoms with Crippen LogP contribution >= 0.6 is 0 Å². The molecule has 0 bridgehead atoms. The van der Waals surface area contributed by atoms with E-state index in [-0.39, 0.29) is 48.1 Å². The van der Waals surface area contributed by atoms with Gasteiger partial charge in [-0.25, -0.2) is 4.98 Å². The van der Waals surface area contributed by atoms with Crippen LogP contribution < -0.4 is 14.5 Å². The SMILES string of the molecule is CC(C)(C)C1=CN(c2cccc(C(C)(C)C)c2)[CH-]N1c1[c-]c(Oc2[c-]c3c(c(C(C)(C)C)c2)c2ccccc2n3-c2cc(C(C)(C)c3ccccc3)ccn2)cc(C(C)(C)c2ccccc2)c1.[Pt]. The number of ether oxygens (including phenoxy) is 1. The van der Waals surface area contributed by atoms with Gasteiger partial charge in [-0.15, -0.1) is 53.8 Å². The molecule has 68 heavy (non-hydrogen) atoms. The number of allylic oxidation sites excluding steroid dienone is 1. The smallest absolute Gasteiger partial charge is 0.135 e. The molecule has 6 heteroatoms. The van der Waals surface area contributed by atoms with Crippen LogP contribution in [-0.2, 0) is 42.7 Å². The minimum Gasteiger partial charge on any atom is -0.509 e. The van der Waals surface area contributed by atoms with Crippen LogP contribution in [0.15, 0.2) is 158 Å². The van der Waals surface area contributed by atoms with Crippen LogP contribution in [0.5, 0.6) is 11.5 Å². The van der Waals surface area contributed by atoms with E-state index in [1.807, 2.05) is 6.20 Å². The molecule has 9 rings (SSSR count). The fourth-order valence-electron chi connectivity index (χ4n) is 9.47. The molecule has 8 aromatic rings. The van der Waals surface area contributed by atoms with Crippen molar-refractivity contribution in [1.82, 2.24) is 9.55 Å². The zero-order valence-corrected chi connectivity index (χ0v) is 44.3. The summed E-state index contributed by atoms with van der Waals surface area (Å²) < 4.78 is 9.45. The predicted octanol–water partition coefficient (Wildman–Crippen LogP) is 16.1. The van der Waals surface area contributed by atoms with Crippen molar-refractivity contribution in [1.29, 1.82) is 0 Å². The number of nitrogens with zero attached hydrogens (tertiary/aromatic N) is 4. The molecular weight excluding hydrogens is 1010 g/mol. The summed E-state index contributed by atoms with van der Waals surface area (Å²) in [5, 5.41) is 2.31. The molecule has 0 unspecified atom stereocenters. The molecule has 0 aliphatic carbocycles. The fraction of sp³-hybridized carbons (Fsp3) is 0.290. The summed E-state index contributed by atoms with van der Waals surface area (Å²) in [6, 6.07) is 57.6. The van der Waals surface area contributed by atoms with Gasteiger partial charge in [-0.05, 0) is 80.4 Å². The minimum absolute atomic E-state index is 0. The third-order valence-electron chi connectivity index (χ3n) is 13.7. The van der Waals surface area contributed by atoms with Crippen molar-refractivity contribution >= 4 is 33.2 Å². The predicted molar refractivity (Wildman–Crippen MR) is 281 cm³/mol. The fourth-order valence-corrected chi connectivity index (χ4v) is 9.47. The molecular formula is C62H65N4OPt-3. The van der Waals surface area contributed by atoms with Crippen molar-refractivity contribution < 1.29 is 25.8 Å². The summed E-state index contributed by atoms with van der Waals surface area (Å²) >= 11 is 0. The van der Waals surface area contributed by atoms with E-state index < -0.39 is 0 Å². The second kappa shape index (κ2) is 17.9. The summed E-state index contributed by atoms with van der Waals surface area (Å²) in [7, 11) is 0. The average molecular weight is 1080 g/mol. The van der Waals surface area contributed by atoms with E-state index in [0.717, 1.165) is 50.3 Å². The summed E-state index contributed by atoms with van der Waals surface area (Å²) in [4.78, 5) is 9.61. The molecule has 1 aliphatic heterocycles. The van der Waals surface area contributed by atoms with Gasteiger partial charge in [0, 0.05) is 66.5 Å². The normalized spacial score (nSPS) is 13.8. The third kappa shape index (κ3) is 9.19. The van der Waals surface area contributed by atoms with Crippen LogP contribution in [0.25, 0.3) is 27.6 Å². The summed E-state index contributed by atoms with van der Waals surface area (Å²) in [6.45, 7) is 31.8. The number of para-hydroxylation sites is 1. The van der Waals surface area contributed by atoms with Crippen LogP contribution in [0.1, 0.15) is 123 Å². The Morgan fingerprint density at radius 1 is 0.529 bits per heavy atom. The Labute approximate surface area is 420 Å². The zero-order chi connectivity index (χ0) is 47.7. The quantitative estimate of drug-likeness (QED) is 0.135. The van der Waals surface area contributed by atoms with E-state index in [2.05, 4.69) is 269 Å².